The molecule has 1 aromatic carbocycles. The first-order valence-electron chi connectivity index (χ1n) is 7.36. The predicted molar refractivity (Wildman–Crippen MR) is 87.4 cm³/mol. The molecule has 0 radical (unpaired) electrons. The number of benzene rings is 1. The van der Waals surface area contributed by atoms with Gasteiger partial charge in [-0.05, 0) is 62.3 Å². The van der Waals surface area contributed by atoms with Gasteiger partial charge in [-0.25, -0.2) is 0 Å². The summed E-state index contributed by atoms with van der Waals surface area (Å²) in [5.74, 6) is 0.899. The summed E-state index contributed by atoms with van der Waals surface area (Å²) in [5, 5.41) is 0. The Morgan fingerprint density at radius 3 is 2.00 bits per heavy atom. The molecule has 5 rings (SSSR count). The Bertz CT molecular complexity index is 501. The standard InChI is InChI=1S/C17H20Br2/c1-12-2-4-14(5-3-12)15-6-13-7-16(18,9-15)11-17(19,8-13)10-15/h2-5,13H,6-11H2,1H3/t13?,15?,16-,17+. The van der Waals surface area contributed by atoms with Crippen LogP contribution in [0.3, 0.4) is 0 Å². The van der Waals surface area contributed by atoms with Gasteiger partial charge in [0, 0.05) is 8.65 Å². The van der Waals surface area contributed by atoms with Gasteiger partial charge in [0.05, 0.1) is 0 Å². The van der Waals surface area contributed by atoms with Crippen molar-refractivity contribution >= 4 is 31.9 Å². The summed E-state index contributed by atoms with van der Waals surface area (Å²) >= 11 is 8.22. The van der Waals surface area contributed by atoms with Crippen LogP contribution in [0, 0.1) is 12.8 Å². The van der Waals surface area contributed by atoms with Crippen molar-refractivity contribution in [2.45, 2.75) is 59.5 Å². The lowest BCUT2D eigenvalue weighted by Crippen LogP contribution is -2.60. The summed E-state index contributed by atoms with van der Waals surface area (Å²) in [6.07, 6.45) is 8.13. The van der Waals surface area contributed by atoms with Crippen LogP contribution in [-0.4, -0.2) is 8.65 Å². The first-order chi connectivity index (χ1) is 8.91. The van der Waals surface area contributed by atoms with Crippen molar-refractivity contribution in [1.82, 2.24) is 0 Å². The van der Waals surface area contributed by atoms with Gasteiger partial charge in [0.1, 0.15) is 0 Å². The molecule has 4 atom stereocenters. The van der Waals surface area contributed by atoms with E-state index >= 15 is 0 Å². The quantitative estimate of drug-likeness (QED) is 0.561. The zero-order valence-electron chi connectivity index (χ0n) is 11.4. The maximum atomic E-state index is 4.11. The van der Waals surface area contributed by atoms with Crippen LogP contribution in [0.2, 0.25) is 0 Å². The summed E-state index contributed by atoms with van der Waals surface area (Å²) in [5.41, 5.74) is 3.37. The molecular formula is C17H20Br2. The van der Waals surface area contributed by atoms with Crippen LogP contribution in [0.4, 0.5) is 0 Å². The molecule has 4 fully saturated rings. The van der Waals surface area contributed by atoms with E-state index < -0.39 is 0 Å². The van der Waals surface area contributed by atoms with Crippen LogP contribution in [-0.2, 0) is 5.41 Å². The van der Waals surface area contributed by atoms with E-state index in [2.05, 4.69) is 63.0 Å². The molecule has 4 saturated carbocycles. The van der Waals surface area contributed by atoms with Gasteiger partial charge in [-0.1, -0.05) is 61.7 Å². The number of halogens is 2. The monoisotopic (exact) mass is 382 g/mol. The number of alkyl halides is 2. The highest BCUT2D eigenvalue weighted by Gasteiger charge is 2.62. The van der Waals surface area contributed by atoms with E-state index in [4.69, 9.17) is 0 Å². The summed E-state index contributed by atoms with van der Waals surface area (Å²) in [7, 11) is 0. The van der Waals surface area contributed by atoms with E-state index in [0.717, 1.165) is 5.92 Å². The van der Waals surface area contributed by atoms with Crippen molar-refractivity contribution in [1.29, 1.82) is 0 Å². The SMILES string of the molecule is Cc1ccc(C23CC4C[C@@](Br)(C2)C[C@](Br)(C4)C3)cc1. The Morgan fingerprint density at radius 2 is 1.47 bits per heavy atom. The largest absolute Gasteiger partial charge is 0.0852 e. The molecule has 0 N–H and O–H groups in total. The highest BCUT2D eigenvalue weighted by Crippen LogP contribution is 2.68. The average molecular weight is 384 g/mol. The molecule has 4 bridgehead atoms. The minimum atomic E-state index is 0.390. The van der Waals surface area contributed by atoms with E-state index in [1.807, 2.05) is 0 Å². The lowest BCUT2D eigenvalue weighted by atomic mass is 9.48. The van der Waals surface area contributed by atoms with Crippen molar-refractivity contribution in [3.05, 3.63) is 35.4 Å². The van der Waals surface area contributed by atoms with Crippen LogP contribution < -0.4 is 0 Å². The molecule has 1 aromatic rings. The molecule has 19 heavy (non-hydrogen) atoms. The Balaban J connectivity index is 1.80. The molecule has 0 amide bonds. The predicted octanol–water partition coefficient (Wildman–Crippen LogP) is 5.50. The minimum Gasteiger partial charge on any atom is -0.0852 e. The molecule has 0 saturated heterocycles. The Morgan fingerprint density at radius 1 is 0.895 bits per heavy atom. The van der Waals surface area contributed by atoms with Crippen molar-refractivity contribution in [2.75, 3.05) is 0 Å². The van der Waals surface area contributed by atoms with E-state index in [9.17, 15) is 0 Å². The second kappa shape index (κ2) is 3.88. The number of aryl methyl sites for hydroxylation is 1. The molecule has 4 aliphatic carbocycles. The number of hydrogen-bond donors (Lipinski definition) is 0. The fourth-order valence-corrected chi connectivity index (χ4v) is 8.87. The molecule has 102 valence electrons. The maximum Gasteiger partial charge on any atom is 0.0282 e. The normalized spacial score (nSPS) is 47.6. The van der Waals surface area contributed by atoms with Gasteiger partial charge in [0.2, 0.25) is 0 Å². The Hall–Kier alpha value is 0.180. The maximum absolute atomic E-state index is 4.11. The van der Waals surface area contributed by atoms with Gasteiger partial charge in [-0.15, -0.1) is 0 Å². The molecule has 4 aliphatic rings. The smallest absolute Gasteiger partial charge is 0.0282 e. The van der Waals surface area contributed by atoms with E-state index in [0.29, 0.717) is 14.1 Å². The van der Waals surface area contributed by atoms with Crippen molar-refractivity contribution < 1.29 is 0 Å². The fraction of sp³-hybridized carbons (Fsp3) is 0.647. The molecule has 2 unspecified atom stereocenters. The van der Waals surface area contributed by atoms with Gasteiger partial charge in [0.25, 0.3) is 0 Å². The zero-order chi connectivity index (χ0) is 13.3. The van der Waals surface area contributed by atoms with Gasteiger partial charge in [-0.2, -0.15) is 0 Å². The van der Waals surface area contributed by atoms with Gasteiger partial charge < -0.3 is 0 Å². The van der Waals surface area contributed by atoms with Gasteiger partial charge in [0.15, 0.2) is 0 Å². The van der Waals surface area contributed by atoms with Crippen LogP contribution in [0.5, 0.6) is 0 Å². The van der Waals surface area contributed by atoms with Crippen molar-refractivity contribution in [2.24, 2.45) is 5.92 Å². The molecule has 0 aromatic heterocycles. The second-order valence-electron chi connectivity index (χ2n) is 7.46. The molecule has 0 nitrogen and oxygen atoms in total. The molecule has 0 aliphatic heterocycles. The number of rotatable bonds is 1. The molecule has 0 spiro atoms. The second-order valence-corrected chi connectivity index (χ2v) is 10.8. The van der Waals surface area contributed by atoms with Crippen LogP contribution in [0.15, 0.2) is 24.3 Å². The minimum absolute atomic E-state index is 0.390. The van der Waals surface area contributed by atoms with Crippen LogP contribution in [0.25, 0.3) is 0 Å². The summed E-state index contributed by atoms with van der Waals surface area (Å²) in [4.78, 5) is 0. The van der Waals surface area contributed by atoms with Crippen LogP contribution >= 0.6 is 31.9 Å². The molecule has 2 heteroatoms. The third-order valence-corrected chi connectivity index (χ3v) is 7.37. The zero-order valence-corrected chi connectivity index (χ0v) is 14.6. The first kappa shape index (κ1) is 12.9. The summed E-state index contributed by atoms with van der Waals surface area (Å²) < 4.78 is 0.779. The van der Waals surface area contributed by atoms with E-state index in [-0.39, 0.29) is 0 Å². The Kier molecular flexibility index (Phi) is 2.63. The average Bonchev–Trinajstić information content (AvgIpc) is 2.24. The lowest BCUT2D eigenvalue weighted by molar-refractivity contribution is 0.0358. The third-order valence-electron chi connectivity index (χ3n) is 5.60. The summed E-state index contributed by atoms with van der Waals surface area (Å²) in [6.45, 7) is 2.18. The van der Waals surface area contributed by atoms with Gasteiger partial charge >= 0.3 is 0 Å². The van der Waals surface area contributed by atoms with Gasteiger partial charge in [-0.3, -0.25) is 0 Å². The third kappa shape index (κ3) is 1.97. The summed E-state index contributed by atoms with van der Waals surface area (Å²) in [6, 6.07) is 9.34. The van der Waals surface area contributed by atoms with E-state index in [1.54, 1.807) is 5.56 Å². The van der Waals surface area contributed by atoms with Crippen LogP contribution in [0.1, 0.15) is 49.7 Å². The van der Waals surface area contributed by atoms with Crippen molar-refractivity contribution in [3.8, 4) is 0 Å². The Labute approximate surface area is 132 Å². The first-order valence-corrected chi connectivity index (χ1v) is 8.94. The molecule has 0 heterocycles. The van der Waals surface area contributed by atoms with Crippen molar-refractivity contribution in [3.63, 3.8) is 0 Å². The fourth-order valence-electron chi connectivity index (χ4n) is 5.43. The molecular weight excluding hydrogens is 364 g/mol. The number of hydrogen-bond acceptors (Lipinski definition) is 0. The lowest BCUT2D eigenvalue weighted by Gasteiger charge is -2.63. The highest BCUT2D eigenvalue weighted by molar-refractivity contribution is 9.10. The highest BCUT2D eigenvalue weighted by atomic mass is 79.9. The topological polar surface area (TPSA) is 0 Å². The van der Waals surface area contributed by atoms with E-state index in [1.165, 1.54) is 44.1 Å².